The number of allylic oxidation sites excluding steroid dienone is 7. The van der Waals surface area contributed by atoms with E-state index < -0.39 is 10.2 Å². The van der Waals surface area contributed by atoms with Gasteiger partial charge in [0, 0.05) is 41.6 Å². The molecule has 0 spiro atoms. The van der Waals surface area contributed by atoms with Gasteiger partial charge < -0.3 is 9.64 Å². The fraction of sp³-hybridized carbons (Fsp3) is 0.344. The van der Waals surface area contributed by atoms with Gasteiger partial charge in [-0.05, 0) is 61.6 Å². The van der Waals surface area contributed by atoms with Gasteiger partial charge in [0.05, 0.1) is 12.5 Å². The highest BCUT2D eigenvalue weighted by molar-refractivity contribution is 6.03. The molecule has 8 heteroatoms. The van der Waals surface area contributed by atoms with E-state index in [0.29, 0.717) is 0 Å². The third-order valence-corrected chi connectivity index (χ3v) is 8.22. The molecular weight excluding hydrogens is 528 g/mol. The average Bonchev–Trinajstić information content (AvgIpc) is 3.43. The lowest BCUT2D eigenvalue weighted by Gasteiger charge is -2.23. The number of methoxy groups -OCH3 is 1. The average molecular weight is 565 g/mol. The Bertz CT molecular complexity index is 1450. The van der Waals surface area contributed by atoms with Gasteiger partial charge in [-0.1, -0.05) is 56.3 Å². The minimum atomic E-state index is -4.94. The van der Waals surface area contributed by atoms with Gasteiger partial charge in [0.25, 0.3) is 0 Å². The van der Waals surface area contributed by atoms with Gasteiger partial charge in [0.15, 0.2) is 5.71 Å². The molecule has 2 aromatic rings. The van der Waals surface area contributed by atoms with Crippen LogP contribution in [0.25, 0.3) is 0 Å². The van der Waals surface area contributed by atoms with Crippen LogP contribution in [0.5, 0.6) is 0 Å². The van der Waals surface area contributed by atoms with Crippen molar-refractivity contribution in [1.29, 1.82) is 0 Å². The van der Waals surface area contributed by atoms with Crippen LogP contribution in [0.1, 0.15) is 51.7 Å². The van der Waals surface area contributed by atoms with Gasteiger partial charge in [0.2, 0.25) is 5.69 Å². The topological polar surface area (TPSA) is 108 Å². The van der Waals surface area contributed by atoms with Gasteiger partial charge in [0.1, 0.15) is 12.8 Å². The molecule has 0 atom stereocenters. The molecule has 0 N–H and O–H groups in total. The molecule has 212 valence electrons. The van der Waals surface area contributed by atoms with Crippen LogP contribution in [-0.2, 0) is 15.6 Å². The van der Waals surface area contributed by atoms with E-state index in [1.165, 1.54) is 45.1 Å². The Morgan fingerprint density at radius 2 is 1.45 bits per heavy atom. The molecule has 2 aromatic carbocycles. The monoisotopic (exact) mass is 564 g/mol. The van der Waals surface area contributed by atoms with Crippen molar-refractivity contribution in [2.75, 3.05) is 26.1 Å². The van der Waals surface area contributed by atoms with E-state index in [-0.39, 0.29) is 10.8 Å². The second kappa shape index (κ2) is 11.0. The van der Waals surface area contributed by atoms with Gasteiger partial charge >= 0.3 is 0 Å². The Balaban J connectivity index is 0.000000681. The predicted molar refractivity (Wildman–Crippen MR) is 147 cm³/mol. The smallest absolute Gasteiger partial charge is 0.209 e. The number of halogens is 1. The zero-order valence-electron chi connectivity index (χ0n) is 24.2. The number of hydrogen-bond donors (Lipinski definition) is 0. The predicted octanol–water partition coefficient (Wildman–Crippen LogP) is 2.43. The van der Waals surface area contributed by atoms with Crippen molar-refractivity contribution in [1.82, 2.24) is 0 Å². The quantitative estimate of drug-likeness (QED) is 0.528. The van der Waals surface area contributed by atoms with Crippen LogP contribution in [0.2, 0.25) is 0 Å². The number of para-hydroxylation sites is 2. The number of ether oxygens (including phenoxy) is 1. The summed E-state index contributed by atoms with van der Waals surface area (Å²) >= 11 is 0. The van der Waals surface area contributed by atoms with E-state index in [1.807, 2.05) is 0 Å². The molecule has 5 rings (SSSR count). The minimum absolute atomic E-state index is 0.0228. The number of rotatable bonds is 4. The highest BCUT2D eigenvalue weighted by Crippen LogP contribution is 2.47. The maximum absolute atomic E-state index is 8.49. The molecule has 0 radical (unpaired) electrons. The minimum Gasteiger partial charge on any atom is -0.496 e. The second-order valence-electron chi connectivity index (χ2n) is 11.3. The largest absolute Gasteiger partial charge is 0.496 e. The van der Waals surface area contributed by atoms with Crippen LogP contribution in [0, 0.1) is 10.2 Å². The van der Waals surface area contributed by atoms with Crippen LogP contribution in [0.15, 0.2) is 95.4 Å². The molecule has 2 aliphatic heterocycles. The first-order valence-corrected chi connectivity index (χ1v) is 14.4. The molecule has 3 aliphatic rings. The third kappa shape index (κ3) is 5.66. The van der Waals surface area contributed by atoms with Gasteiger partial charge in [-0.2, -0.15) is 4.58 Å². The normalized spacial score (nSPS) is 21.3. The summed E-state index contributed by atoms with van der Waals surface area (Å²) in [5, 5.41) is 0. The van der Waals surface area contributed by atoms with E-state index in [2.05, 4.69) is 124 Å². The summed E-state index contributed by atoms with van der Waals surface area (Å²) in [6, 6.07) is 17.4. The van der Waals surface area contributed by atoms with Crippen LogP contribution in [-0.4, -0.2) is 31.5 Å². The lowest BCUT2D eigenvalue weighted by Crippen LogP contribution is -2.68. The number of fused-ring (bicyclic) bond motifs is 2. The maximum Gasteiger partial charge on any atom is 0.209 e. The molecule has 0 bridgehead atoms. The van der Waals surface area contributed by atoms with Crippen molar-refractivity contribution in [3.8, 4) is 0 Å². The molecule has 2 heterocycles. The maximum atomic E-state index is 8.49. The Morgan fingerprint density at radius 3 is 2.05 bits per heavy atom. The van der Waals surface area contributed by atoms with Gasteiger partial charge in [-0.25, -0.2) is 18.6 Å². The zero-order valence-corrected chi connectivity index (χ0v) is 24.9. The number of hydrogen-bond acceptors (Lipinski definition) is 6. The van der Waals surface area contributed by atoms with Crippen LogP contribution >= 0.6 is 0 Å². The first-order valence-electron chi connectivity index (χ1n) is 13.2. The van der Waals surface area contributed by atoms with Crippen molar-refractivity contribution in [2.45, 2.75) is 51.4 Å². The molecule has 1 aliphatic carbocycles. The summed E-state index contributed by atoms with van der Waals surface area (Å²) in [6.45, 7) is 9.24. The van der Waals surface area contributed by atoms with Crippen molar-refractivity contribution in [3.05, 3.63) is 107 Å². The Kier molecular flexibility index (Phi) is 8.18. The number of likely N-dealkylation sites (N-methyl/N-ethyl adjacent to an activating group) is 1. The fourth-order valence-corrected chi connectivity index (χ4v) is 6.25. The highest BCUT2D eigenvalue weighted by atomic mass is 35.7. The number of nitrogens with zero attached hydrogens (tertiary/aromatic N) is 2. The summed E-state index contributed by atoms with van der Waals surface area (Å²) in [6.07, 6.45) is 11.1. The third-order valence-electron chi connectivity index (χ3n) is 8.22. The Hall–Kier alpha value is -3.20. The Labute approximate surface area is 239 Å². The molecule has 0 saturated carbocycles. The first-order chi connectivity index (χ1) is 18.7. The second-order valence-corrected chi connectivity index (χ2v) is 12.1. The summed E-state index contributed by atoms with van der Waals surface area (Å²) in [4.78, 5) is 2.32. The summed E-state index contributed by atoms with van der Waals surface area (Å²) < 4.78 is 42.2. The van der Waals surface area contributed by atoms with Crippen molar-refractivity contribution in [3.63, 3.8) is 0 Å². The van der Waals surface area contributed by atoms with E-state index in [0.717, 1.165) is 18.6 Å². The molecule has 0 unspecified atom stereocenters. The van der Waals surface area contributed by atoms with Crippen LogP contribution < -0.4 is 23.5 Å². The lowest BCUT2D eigenvalue weighted by molar-refractivity contribution is -2.00. The molecule has 0 saturated heterocycles. The van der Waals surface area contributed by atoms with E-state index >= 15 is 0 Å². The Morgan fingerprint density at radius 1 is 0.850 bits per heavy atom. The van der Waals surface area contributed by atoms with E-state index in [4.69, 9.17) is 23.4 Å². The van der Waals surface area contributed by atoms with Crippen LogP contribution in [0.3, 0.4) is 0 Å². The van der Waals surface area contributed by atoms with Crippen molar-refractivity contribution in [2.24, 2.45) is 0 Å². The van der Waals surface area contributed by atoms with E-state index in [1.54, 1.807) is 7.11 Å². The standard InChI is InChI=1S/C32H37N2O.ClHO4/c1-31(2)24-12-8-10-14-26(24)33(5)28(31)20-18-22-16-17-23(30(22)35-7)19-21-29-32(3,4)25-13-9-11-15-27(25)34(29)6;2-1(3,4)5/h8-15,18-21H,16-17H2,1-7H3;(H,2,3,4,5)/q+1;/p-1. The SMILES string of the molecule is COC1=C(/C=C/C2=[N+](C)c3ccccc3C2(C)C)CC/C1=C\C=C1\N(C)c2ccccc2C1(C)C.[O-][Cl+3]([O-])([O-])[O-]. The fourth-order valence-electron chi connectivity index (χ4n) is 6.25. The summed E-state index contributed by atoms with van der Waals surface area (Å²) in [7, 11) is 1.19. The first kappa shape index (κ1) is 29.8. The summed E-state index contributed by atoms with van der Waals surface area (Å²) in [5.41, 5.74) is 10.5. The summed E-state index contributed by atoms with van der Waals surface area (Å²) in [5.74, 6) is 1.02. The van der Waals surface area contributed by atoms with Gasteiger partial charge in [-0.3, -0.25) is 0 Å². The molecule has 0 amide bonds. The molecule has 40 heavy (non-hydrogen) atoms. The molecule has 7 nitrogen and oxygen atoms in total. The van der Waals surface area contributed by atoms with Crippen LogP contribution in [0.4, 0.5) is 11.4 Å². The molecule has 0 fully saturated rings. The number of benzene rings is 2. The zero-order chi connectivity index (χ0) is 29.5. The lowest BCUT2D eigenvalue weighted by atomic mass is 9.81. The highest BCUT2D eigenvalue weighted by Gasteiger charge is 2.42. The van der Waals surface area contributed by atoms with Gasteiger partial charge in [-0.15, -0.1) is 10.2 Å². The van der Waals surface area contributed by atoms with E-state index in [9.17, 15) is 0 Å². The number of anilines is 1. The molecular formula is C32H37ClN2O5. The molecule has 0 aromatic heterocycles. The van der Waals surface area contributed by atoms with Crippen molar-refractivity contribution >= 4 is 17.1 Å². The van der Waals surface area contributed by atoms with Crippen molar-refractivity contribution < 1.29 is 38.2 Å².